The summed E-state index contributed by atoms with van der Waals surface area (Å²) in [4.78, 5) is 19.4. The van der Waals surface area contributed by atoms with Crippen molar-refractivity contribution in [3.63, 3.8) is 0 Å². The van der Waals surface area contributed by atoms with Gasteiger partial charge in [-0.05, 0) is 50.6 Å². The van der Waals surface area contributed by atoms with Crippen LogP contribution in [-0.4, -0.2) is 26.9 Å². The number of hydrogen-bond acceptors (Lipinski definition) is 2. The monoisotopic (exact) mass is 353 g/mol. The Morgan fingerprint density at radius 3 is 2.65 bits per heavy atom. The molecule has 0 unspecified atom stereocenters. The molecule has 0 radical (unpaired) electrons. The second-order valence-electron chi connectivity index (χ2n) is 6.72. The Balaban J connectivity index is 1.97. The van der Waals surface area contributed by atoms with Gasteiger partial charge in [0.25, 0.3) is 5.91 Å². The highest BCUT2D eigenvalue weighted by Gasteiger charge is 2.20. The zero-order chi connectivity index (χ0) is 18.7. The van der Waals surface area contributed by atoms with E-state index in [1.165, 1.54) is 12.1 Å². The van der Waals surface area contributed by atoms with Crippen LogP contribution in [0.5, 0.6) is 0 Å². The minimum atomic E-state index is -0.401. The highest BCUT2D eigenvalue weighted by atomic mass is 19.1. The highest BCUT2D eigenvalue weighted by molar-refractivity contribution is 5.94. The summed E-state index contributed by atoms with van der Waals surface area (Å²) >= 11 is 0. The molecule has 0 N–H and O–H groups in total. The van der Waals surface area contributed by atoms with Gasteiger partial charge in [0.15, 0.2) is 0 Å². The second kappa shape index (κ2) is 7.68. The van der Waals surface area contributed by atoms with E-state index in [1.807, 2.05) is 31.2 Å². The first kappa shape index (κ1) is 18.1. The van der Waals surface area contributed by atoms with Crippen molar-refractivity contribution < 1.29 is 9.18 Å². The predicted octanol–water partition coefficient (Wildman–Crippen LogP) is 4.81. The van der Waals surface area contributed by atoms with Gasteiger partial charge in [-0.25, -0.2) is 9.37 Å². The summed E-state index contributed by atoms with van der Waals surface area (Å²) in [6, 6.07) is 14.1. The Morgan fingerprint density at radius 1 is 1.19 bits per heavy atom. The second-order valence-corrected chi connectivity index (χ2v) is 6.72. The lowest BCUT2D eigenvalue weighted by molar-refractivity contribution is 0.0736. The van der Waals surface area contributed by atoms with Crippen LogP contribution < -0.4 is 0 Å². The van der Waals surface area contributed by atoms with Crippen molar-refractivity contribution in [3.05, 3.63) is 65.7 Å². The van der Waals surface area contributed by atoms with Crippen LogP contribution >= 0.6 is 0 Å². The van der Waals surface area contributed by atoms with E-state index in [-0.39, 0.29) is 11.9 Å². The van der Waals surface area contributed by atoms with Gasteiger partial charge in [-0.1, -0.05) is 25.1 Å². The van der Waals surface area contributed by atoms with Gasteiger partial charge >= 0.3 is 0 Å². The number of nitrogens with zero attached hydrogens (tertiary/aromatic N) is 3. The Bertz CT molecular complexity index is 917. The number of amides is 1. The number of rotatable bonds is 6. The number of carbonyl (C=O) groups is 1. The molecule has 0 atom stereocenters. The van der Waals surface area contributed by atoms with Gasteiger partial charge in [0, 0.05) is 18.2 Å². The number of halogens is 1. The zero-order valence-corrected chi connectivity index (χ0v) is 15.4. The largest absolute Gasteiger partial charge is 0.331 e. The van der Waals surface area contributed by atoms with Crippen LogP contribution in [0, 0.1) is 5.82 Å². The fourth-order valence-corrected chi connectivity index (χ4v) is 3.28. The summed E-state index contributed by atoms with van der Waals surface area (Å²) in [6.07, 6.45) is 0.822. The molecule has 1 heterocycles. The van der Waals surface area contributed by atoms with E-state index in [4.69, 9.17) is 4.98 Å². The van der Waals surface area contributed by atoms with Gasteiger partial charge in [-0.3, -0.25) is 4.79 Å². The Hall–Kier alpha value is -2.69. The third kappa shape index (κ3) is 3.62. The molecule has 3 rings (SSSR count). The zero-order valence-electron chi connectivity index (χ0n) is 15.4. The van der Waals surface area contributed by atoms with Crippen LogP contribution in [0.15, 0.2) is 48.5 Å². The summed E-state index contributed by atoms with van der Waals surface area (Å²) in [5.41, 5.74) is 2.35. The Kier molecular flexibility index (Phi) is 5.35. The first-order valence-corrected chi connectivity index (χ1v) is 9.02. The third-order valence-corrected chi connectivity index (χ3v) is 4.37. The van der Waals surface area contributed by atoms with Crippen molar-refractivity contribution in [2.45, 2.75) is 39.8 Å². The van der Waals surface area contributed by atoms with Crippen LogP contribution in [0.2, 0.25) is 0 Å². The van der Waals surface area contributed by atoms with Gasteiger partial charge in [-0.2, -0.15) is 0 Å². The maximum atomic E-state index is 13.5. The molecule has 3 aromatic rings. The SMILES string of the molecule is CCCN(Cc1nc2ccccc2n1C(C)C)C(=O)c1cccc(F)c1. The van der Waals surface area contributed by atoms with Gasteiger partial charge in [0.05, 0.1) is 17.6 Å². The van der Waals surface area contributed by atoms with E-state index in [0.29, 0.717) is 18.7 Å². The molecular weight excluding hydrogens is 329 g/mol. The first-order chi connectivity index (χ1) is 12.5. The molecule has 136 valence electrons. The van der Waals surface area contributed by atoms with Crippen LogP contribution in [0.4, 0.5) is 4.39 Å². The lowest BCUT2D eigenvalue weighted by atomic mass is 10.2. The quantitative estimate of drug-likeness (QED) is 0.638. The van der Waals surface area contributed by atoms with Crippen molar-refractivity contribution in [2.24, 2.45) is 0 Å². The summed E-state index contributed by atoms with van der Waals surface area (Å²) in [6.45, 7) is 7.23. The van der Waals surface area contributed by atoms with Crippen molar-refractivity contribution >= 4 is 16.9 Å². The summed E-state index contributed by atoms with van der Waals surface area (Å²) in [5.74, 6) is 0.273. The maximum Gasteiger partial charge on any atom is 0.254 e. The number of hydrogen-bond donors (Lipinski definition) is 0. The molecule has 0 aliphatic carbocycles. The molecule has 0 saturated heterocycles. The van der Waals surface area contributed by atoms with Crippen LogP contribution in [-0.2, 0) is 6.54 Å². The highest BCUT2D eigenvalue weighted by Crippen LogP contribution is 2.22. The first-order valence-electron chi connectivity index (χ1n) is 9.02. The average Bonchev–Trinajstić information content (AvgIpc) is 2.99. The molecule has 2 aromatic carbocycles. The predicted molar refractivity (Wildman–Crippen MR) is 102 cm³/mol. The number of carbonyl (C=O) groups excluding carboxylic acids is 1. The number of fused-ring (bicyclic) bond motifs is 1. The van der Waals surface area contributed by atoms with E-state index in [1.54, 1.807) is 17.0 Å². The van der Waals surface area contributed by atoms with E-state index in [2.05, 4.69) is 18.4 Å². The number of para-hydroxylation sites is 2. The molecule has 26 heavy (non-hydrogen) atoms. The van der Waals surface area contributed by atoms with Gasteiger partial charge in [0.2, 0.25) is 0 Å². The number of aromatic nitrogens is 2. The molecule has 1 aromatic heterocycles. The van der Waals surface area contributed by atoms with Gasteiger partial charge in [0.1, 0.15) is 11.6 Å². The lowest BCUT2D eigenvalue weighted by Crippen LogP contribution is -2.32. The standard InChI is InChI=1S/C21H24FN3O/c1-4-12-24(21(26)16-8-7-9-17(22)13-16)14-20-23-18-10-5-6-11-19(18)25(20)15(2)3/h5-11,13,15H,4,12,14H2,1-3H3. The fourth-order valence-electron chi connectivity index (χ4n) is 3.28. The molecule has 1 amide bonds. The lowest BCUT2D eigenvalue weighted by Gasteiger charge is -2.23. The molecule has 5 heteroatoms. The number of benzene rings is 2. The van der Waals surface area contributed by atoms with Crippen molar-refractivity contribution in [1.29, 1.82) is 0 Å². The van der Waals surface area contributed by atoms with Crippen molar-refractivity contribution in [1.82, 2.24) is 14.5 Å². The average molecular weight is 353 g/mol. The summed E-state index contributed by atoms with van der Waals surface area (Å²) in [7, 11) is 0. The van der Waals surface area contributed by atoms with Crippen molar-refractivity contribution in [2.75, 3.05) is 6.54 Å². The minimum absolute atomic E-state index is 0.172. The molecular formula is C21H24FN3O. The van der Waals surface area contributed by atoms with Crippen LogP contribution in [0.1, 0.15) is 49.4 Å². The van der Waals surface area contributed by atoms with Gasteiger partial charge < -0.3 is 9.47 Å². The Labute approximate surface area is 153 Å². The smallest absolute Gasteiger partial charge is 0.254 e. The normalized spacial score (nSPS) is 11.3. The van der Waals surface area contributed by atoms with E-state index >= 15 is 0 Å². The molecule has 4 nitrogen and oxygen atoms in total. The maximum absolute atomic E-state index is 13.5. The summed E-state index contributed by atoms with van der Waals surface area (Å²) < 4.78 is 15.7. The number of imidazole rings is 1. The minimum Gasteiger partial charge on any atom is -0.331 e. The molecule has 0 bridgehead atoms. The molecule has 0 aliphatic heterocycles. The van der Waals surface area contributed by atoms with E-state index in [0.717, 1.165) is 23.3 Å². The van der Waals surface area contributed by atoms with E-state index < -0.39 is 5.82 Å². The van der Waals surface area contributed by atoms with Crippen LogP contribution in [0.3, 0.4) is 0 Å². The van der Waals surface area contributed by atoms with E-state index in [9.17, 15) is 9.18 Å². The Morgan fingerprint density at radius 2 is 1.96 bits per heavy atom. The summed E-state index contributed by atoms with van der Waals surface area (Å²) in [5, 5.41) is 0. The van der Waals surface area contributed by atoms with Crippen LogP contribution in [0.25, 0.3) is 11.0 Å². The molecule has 0 saturated carbocycles. The molecule has 0 aliphatic rings. The fraction of sp³-hybridized carbons (Fsp3) is 0.333. The van der Waals surface area contributed by atoms with Gasteiger partial charge in [-0.15, -0.1) is 0 Å². The topological polar surface area (TPSA) is 38.1 Å². The molecule has 0 fully saturated rings. The van der Waals surface area contributed by atoms with Crippen molar-refractivity contribution in [3.8, 4) is 0 Å². The third-order valence-electron chi connectivity index (χ3n) is 4.37. The molecule has 0 spiro atoms.